The molecule has 0 aromatic rings. The van der Waals surface area contributed by atoms with E-state index in [-0.39, 0.29) is 43.7 Å². The van der Waals surface area contributed by atoms with Gasteiger partial charge in [0.15, 0.2) is 0 Å². The molecule has 1 aliphatic carbocycles. The van der Waals surface area contributed by atoms with Gasteiger partial charge in [0.25, 0.3) is 0 Å². The van der Waals surface area contributed by atoms with Gasteiger partial charge in [-0.25, -0.2) is 4.79 Å². The number of nitrogens with one attached hydrogen (secondary N) is 5. The molecule has 158 valence electrons. The van der Waals surface area contributed by atoms with Crippen molar-refractivity contribution in [3.05, 3.63) is 0 Å². The molecule has 2 rings (SSSR count). The van der Waals surface area contributed by atoms with Gasteiger partial charge >= 0.3 is 12.2 Å². The summed E-state index contributed by atoms with van der Waals surface area (Å²) in [5.74, 6) is -1.25. The van der Waals surface area contributed by atoms with E-state index in [0.29, 0.717) is 12.8 Å². The Labute approximate surface area is 158 Å². The molecular formula is C17H32F3N5O2. The predicted molar refractivity (Wildman–Crippen MR) is 95.7 cm³/mol. The number of unbranched alkanes of at least 4 members (excludes halogenated alkanes) is 1. The van der Waals surface area contributed by atoms with E-state index in [1.54, 1.807) is 0 Å². The highest BCUT2D eigenvalue weighted by Gasteiger charge is 2.41. The number of alkyl halides is 3. The van der Waals surface area contributed by atoms with Crippen LogP contribution in [0, 0.1) is 5.92 Å². The van der Waals surface area contributed by atoms with Crippen LogP contribution >= 0.6 is 0 Å². The number of amides is 2. The fourth-order valence-electron chi connectivity index (χ4n) is 3.69. The summed E-state index contributed by atoms with van der Waals surface area (Å²) in [6, 6.07) is -0.422. The Morgan fingerprint density at radius 3 is 2.44 bits per heavy atom. The molecule has 2 aliphatic rings. The molecule has 6 N–H and O–H groups in total. The first kappa shape index (κ1) is 22.2. The van der Waals surface area contributed by atoms with Crippen molar-refractivity contribution in [3.63, 3.8) is 0 Å². The van der Waals surface area contributed by atoms with Crippen molar-refractivity contribution in [2.45, 2.75) is 82.6 Å². The van der Waals surface area contributed by atoms with Gasteiger partial charge in [-0.05, 0) is 58.4 Å². The molecule has 1 heterocycles. The predicted octanol–water partition coefficient (Wildman–Crippen LogP) is 1.35. The van der Waals surface area contributed by atoms with Crippen LogP contribution in [0.1, 0.15) is 51.9 Å². The second kappa shape index (κ2) is 10.4. The van der Waals surface area contributed by atoms with Crippen molar-refractivity contribution in [1.29, 1.82) is 0 Å². The van der Waals surface area contributed by atoms with E-state index in [9.17, 15) is 18.0 Å². The van der Waals surface area contributed by atoms with Crippen LogP contribution in [0.15, 0.2) is 0 Å². The molecule has 0 bridgehead atoms. The number of carbonyl (C=O) groups is 1. The summed E-state index contributed by atoms with van der Waals surface area (Å²) in [7, 11) is 0. The molecule has 2 fully saturated rings. The molecule has 1 saturated heterocycles. The van der Waals surface area contributed by atoms with Crippen LogP contribution in [0.4, 0.5) is 18.0 Å². The molecule has 0 spiro atoms. The van der Waals surface area contributed by atoms with Gasteiger partial charge in [0, 0.05) is 18.7 Å². The van der Waals surface area contributed by atoms with Crippen molar-refractivity contribution < 1.29 is 23.1 Å². The van der Waals surface area contributed by atoms with E-state index in [4.69, 9.17) is 5.11 Å². The van der Waals surface area contributed by atoms with Crippen LogP contribution in [0.3, 0.4) is 0 Å². The zero-order valence-corrected chi connectivity index (χ0v) is 15.7. The number of hydrogen-bond acceptors (Lipinski definition) is 5. The lowest BCUT2D eigenvalue weighted by Crippen LogP contribution is -2.68. The number of carbonyl (C=O) groups excluding carboxylic acids is 1. The molecule has 7 nitrogen and oxygen atoms in total. The topological polar surface area (TPSA) is 97.5 Å². The van der Waals surface area contributed by atoms with Crippen LogP contribution < -0.4 is 26.6 Å². The third kappa shape index (κ3) is 7.81. The van der Waals surface area contributed by atoms with E-state index in [1.165, 1.54) is 0 Å². The Morgan fingerprint density at radius 1 is 1.11 bits per heavy atom. The lowest BCUT2D eigenvalue weighted by molar-refractivity contribution is -0.182. The van der Waals surface area contributed by atoms with Gasteiger partial charge in [-0.15, -0.1) is 0 Å². The van der Waals surface area contributed by atoms with Crippen molar-refractivity contribution in [2.75, 3.05) is 13.2 Å². The number of rotatable bonds is 7. The highest BCUT2D eigenvalue weighted by atomic mass is 19.4. The van der Waals surface area contributed by atoms with Crippen molar-refractivity contribution in [3.8, 4) is 0 Å². The van der Waals surface area contributed by atoms with Crippen LogP contribution in [0.5, 0.6) is 0 Å². The Morgan fingerprint density at radius 2 is 1.81 bits per heavy atom. The summed E-state index contributed by atoms with van der Waals surface area (Å²) in [6.45, 7) is 2.97. The molecule has 27 heavy (non-hydrogen) atoms. The van der Waals surface area contributed by atoms with Gasteiger partial charge < -0.3 is 21.1 Å². The summed E-state index contributed by atoms with van der Waals surface area (Å²) >= 11 is 0. The molecule has 1 saturated carbocycles. The van der Waals surface area contributed by atoms with Crippen LogP contribution in [0.25, 0.3) is 0 Å². The molecule has 0 aromatic carbocycles. The first-order valence-electron chi connectivity index (χ1n) is 9.78. The Balaban J connectivity index is 1.70. The number of hydrogen-bond donors (Lipinski definition) is 6. The Hall–Kier alpha value is -1.10. The summed E-state index contributed by atoms with van der Waals surface area (Å²) in [4.78, 5) is 12.2. The summed E-state index contributed by atoms with van der Waals surface area (Å²) < 4.78 is 38.1. The minimum absolute atomic E-state index is 0.0347. The lowest BCUT2D eigenvalue weighted by Gasteiger charge is -2.37. The molecule has 2 amide bonds. The summed E-state index contributed by atoms with van der Waals surface area (Å²) in [6.07, 6.45) is -1.26. The van der Waals surface area contributed by atoms with E-state index in [2.05, 4.69) is 26.6 Å². The van der Waals surface area contributed by atoms with Gasteiger partial charge in [-0.1, -0.05) is 0 Å². The van der Waals surface area contributed by atoms with E-state index in [1.807, 2.05) is 6.92 Å². The fourth-order valence-corrected chi connectivity index (χ4v) is 3.69. The molecule has 10 heteroatoms. The first-order chi connectivity index (χ1) is 12.8. The van der Waals surface area contributed by atoms with E-state index < -0.39 is 18.4 Å². The van der Waals surface area contributed by atoms with Gasteiger partial charge in [0.2, 0.25) is 0 Å². The maximum absolute atomic E-state index is 12.7. The number of urea groups is 1. The monoisotopic (exact) mass is 395 g/mol. The van der Waals surface area contributed by atoms with Gasteiger partial charge in [-0.2, -0.15) is 13.2 Å². The SMILES string of the molecule is CC1CC(NCCCCO)NC(NC(=O)NC2CCC(C(F)(F)F)CC2)N1. The largest absolute Gasteiger partial charge is 0.396 e. The molecule has 1 aliphatic heterocycles. The summed E-state index contributed by atoms with van der Waals surface area (Å²) in [5, 5.41) is 24.2. The number of aliphatic hydroxyl groups excluding tert-OH is 1. The van der Waals surface area contributed by atoms with Crippen molar-refractivity contribution in [1.82, 2.24) is 26.6 Å². The molecular weight excluding hydrogens is 363 g/mol. The minimum Gasteiger partial charge on any atom is -0.396 e. The molecule has 3 unspecified atom stereocenters. The minimum atomic E-state index is -4.14. The molecule has 0 radical (unpaired) electrons. The van der Waals surface area contributed by atoms with Gasteiger partial charge in [0.1, 0.15) is 6.29 Å². The quantitative estimate of drug-likeness (QED) is 0.366. The number of aliphatic hydroxyl groups is 1. The number of halogens is 3. The van der Waals surface area contributed by atoms with Crippen LogP contribution in [-0.4, -0.2) is 55.0 Å². The average molecular weight is 395 g/mol. The zero-order valence-electron chi connectivity index (χ0n) is 15.7. The highest BCUT2D eigenvalue weighted by Crippen LogP contribution is 2.37. The summed E-state index contributed by atoms with van der Waals surface area (Å²) in [5.41, 5.74) is 0. The fraction of sp³-hybridized carbons (Fsp3) is 0.941. The third-order valence-electron chi connectivity index (χ3n) is 5.18. The molecule has 3 atom stereocenters. The van der Waals surface area contributed by atoms with Crippen LogP contribution in [0.2, 0.25) is 0 Å². The van der Waals surface area contributed by atoms with Crippen LogP contribution in [-0.2, 0) is 0 Å². The second-order valence-electron chi connectivity index (χ2n) is 7.55. The standard InChI is InChI=1S/C17H32F3N5O2/c1-11-10-14(21-8-2-3-9-26)24-15(22-11)25-16(27)23-13-6-4-12(5-7-13)17(18,19)20/h11-15,21-22,24,26H,2-10H2,1H3,(H2,23,25,27). The maximum atomic E-state index is 12.7. The highest BCUT2D eigenvalue weighted by molar-refractivity contribution is 5.74. The lowest BCUT2D eigenvalue weighted by atomic mass is 9.86. The zero-order chi connectivity index (χ0) is 19.9. The third-order valence-corrected chi connectivity index (χ3v) is 5.18. The van der Waals surface area contributed by atoms with Crippen molar-refractivity contribution in [2.24, 2.45) is 5.92 Å². The second-order valence-corrected chi connectivity index (χ2v) is 7.55. The smallest absolute Gasteiger partial charge is 0.391 e. The Bertz CT molecular complexity index is 458. The van der Waals surface area contributed by atoms with Gasteiger partial charge in [0.05, 0.1) is 12.1 Å². The van der Waals surface area contributed by atoms with Gasteiger partial charge in [-0.3, -0.25) is 10.6 Å². The maximum Gasteiger partial charge on any atom is 0.391 e. The normalized spacial score (nSPS) is 32.1. The Kier molecular flexibility index (Phi) is 8.59. The van der Waals surface area contributed by atoms with E-state index >= 15 is 0 Å². The van der Waals surface area contributed by atoms with Crippen molar-refractivity contribution >= 4 is 6.03 Å². The molecule has 0 aromatic heterocycles. The van der Waals surface area contributed by atoms with E-state index in [0.717, 1.165) is 25.8 Å². The first-order valence-corrected chi connectivity index (χ1v) is 9.78. The average Bonchev–Trinajstić information content (AvgIpc) is 2.58.